The highest BCUT2D eigenvalue weighted by molar-refractivity contribution is 7.13. The summed E-state index contributed by atoms with van der Waals surface area (Å²) >= 11 is 1.35. The zero-order chi connectivity index (χ0) is 17.0. The third-order valence-electron chi connectivity index (χ3n) is 5.18. The first kappa shape index (κ1) is 16.1. The molecule has 23 heavy (non-hydrogen) atoms. The van der Waals surface area contributed by atoms with Gasteiger partial charge in [0.15, 0.2) is 5.13 Å². The zero-order valence-electron chi connectivity index (χ0n) is 13.8. The van der Waals surface area contributed by atoms with Gasteiger partial charge >= 0.3 is 0 Å². The Morgan fingerprint density at radius 3 is 2.22 bits per heavy atom. The molecule has 1 aliphatic heterocycles. The molecule has 1 aromatic heterocycles. The number of imide groups is 1. The van der Waals surface area contributed by atoms with Crippen LogP contribution >= 0.6 is 11.3 Å². The number of anilines is 1. The van der Waals surface area contributed by atoms with E-state index in [1.807, 2.05) is 20.8 Å². The van der Waals surface area contributed by atoms with E-state index in [0.29, 0.717) is 24.4 Å². The Bertz CT molecular complexity index is 657. The molecular formula is C16H21N3O3S. The lowest BCUT2D eigenvalue weighted by Gasteiger charge is -2.55. The maximum atomic E-state index is 12.8. The highest BCUT2D eigenvalue weighted by Crippen LogP contribution is 2.58. The highest BCUT2D eigenvalue weighted by Gasteiger charge is 2.62. The van der Waals surface area contributed by atoms with Crippen molar-refractivity contribution in [2.45, 2.75) is 40.0 Å². The molecule has 1 N–H and O–H groups in total. The van der Waals surface area contributed by atoms with Crippen molar-refractivity contribution in [3.05, 3.63) is 11.6 Å². The van der Waals surface area contributed by atoms with Gasteiger partial charge in [0.25, 0.3) is 0 Å². The molecule has 6 nitrogen and oxygen atoms in total. The molecule has 2 atom stereocenters. The second-order valence-corrected chi connectivity index (χ2v) is 8.57. The van der Waals surface area contributed by atoms with Crippen molar-refractivity contribution in [3.8, 4) is 0 Å². The van der Waals surface area contributed by atoms with Crippen molar-refractivity contribution in [2.24, 2.45) is 16.2 Å². The van der Waals surface area contributed by atoms with Gasteiger partial charge in [-0.1, -0.05) is 20.8 Å². The third kappa shape index (κ3) is 2.38. The van der Waals surface area contributed by atoms with E-state index >= 15 is 0 Å². The van der Waals surface area contributed by atoms with Crippen LogP contribution in [0, 0.1) is 16.2 Å². The lowest BCUT2D eigenvalue weighted by Crippen LogP contribution is -2.63. The Hall–Kier alpha value is -1.76. The van der Waals surface area contributed by atoms with E-state index in [1.165, 1.54) is 16.2 Å². The van der Waals surface area contributed by atoms with E-state index in [4.69, 9.17) is 0 Å². The summed E-state index contributed by atoms with van der Waals surface area (Å²) in [6.45, 7) is 5.58. The molecule has 7 heteroatoms. The Kier molecular flexibility index (Phi) is 3.41. The zero-order valence-corrected chi connectivity index (χ0v) is 14.6. The SMILES string of the molecule is CN1C(=O)C2(C)CC(C)(C(=O)Nc3nccs3)CC(C)(C2)C1=O. The number of likely N-dealkylation sites (tertiary alicyclic amines) is 1. The lowest BCUT2D eigenvalue weighted by molar-refractivity contribution is -0.177. The number of piperidine rings is 1. The van der Waals surface area contributed by atoms with Crippen LogP contribution in [0.1, 0.15) is 40.0 Å². The molecule has 1 aliphatic carbocycles. The molecule has 2 fully saturated rings. The summed E-state index contributed by atoms with van der Waals surface area (Å²) in [4.78, 5) is 43.3. The van der Waals surface area contributed by atoms with Crippen LogP contribution in [0.5, 0.6) is 0 Å². The fraction of sp³-hybridized carbons (Fsp3) is 0.625. The maximum Gasteiger partial charge on any atom is 0.234 e. The Balaban J connectivity index is 1.94. The number of rotatable bonds is 2. The minimum absolute atomic E-state index is 0.172. The number of carbonyl (C=O) groups is 3. The van der Waals surface area contributed by atoms with Gasteiger partial charge in [-0.2, -0.15) is 0 Å². The molecule has 1 aromatic rings. The van der Waals surface area contributed by atoms with Crippen LogP contribution in [-0.2, 0) is 14.4 Å². The largest absolute Gasteiger partial charge is 0.302 e. The van der Waals surface area contributed by atoms with Crippen molar-refractivity contribution in [1.29, 1.82) is 0 Å². The van der Waals surface area contributed by atoms with Crippen LogP contribution in [0.3, 0.4) is 0 Å². The first-order valence-electron chi connectivity index (χ1n) is 7.63. The van der Waals surface area contributed by atoms with Gasteiger partial charge in [0.1, 0.15) is 0 Å². The van der Waals surface area contributed by atoms with Crippen molar-refractivity contribution in [2.75, 3.05) is 12.4 Å². The summed E-state index contributed by atoms with van der Waals surface area (Å²) in [5.74, 6) is -0.546. The first-order chi connectivity index (χ1) is 10.6. The van der Waals surface area contributed by atoms with Crippen molar-refractivity contribution in [3.63, 3.8) is 0 Å². The van der Waals surface area contributed by atoms with Gasteiger partial charge < -0.3 is 5.32 Å². The van der Waals surface area contributed by atoms with E-state index < -0.39 is 16.2 Å². The quantitative estimate of drug-likeness (QED) is 0.841. The van der Waals surface area contributed by atoms with Crippen LogP contribution < -0.4 is 5.32 Å². The normalized spacial score (nSPS) is 37.0. The van der Waals surface area contributed by atoms with Crippen LogP contribution in [0.4, 0.5) is 5.13 Å². The summed E-state index contributed by atoms with van der Waals surface area (Å²) < 4.78 is 0. The molecule has 2 unspecified atom stereocenters. The van der Waals surface area contributed by atoms with Crippen molar-refractivity contribution < 1.29 is 14.4 Å². The number of aromatic nitrogens is 1. The van der Waals surface area contributed by atoms with Crippen LogP contribution in [0.25, 0.3) is 0 Å². The average Bonchev–Trinajstić information content (AvgIpc) is 2.95. The number of nitrogens with zero attached hydrogens (tertiary/aromatic N) is 2. The number of fused-ring (bicyclic) bond motifs is 2. The van der Waals surface area contributed by atoms with Gasteiger partial charge in [-0.3, -0.25) is 19.3 Å². The number of amides is 3. The summed E-state index contributed by atoms with van der Waals surface area (Å²) in [5.41, 5.74) is -2.16. The molecule has 2 aliphatic rings. The molecule has 2 bridgehead atoms. The molecule has 0 radical (unpaired) electrons. The summed E-state index contributed by atoms with van der Waals surface area (Å²) in [6, 6.07) is 0. The van der Waals surface area contributed by atoms with Crippen molar-refractivity contribution in [1.82, 2.24) is 9.88 Å². The number of hydrogen-bond donors (Lipinski definition) is 1. The molecule has 124 valence electrons. The summed E-state index contributed by atoms with van der Waals surface area (Å²) in [7, 11) is 1.54. The number of thiazole rings is 1. The highest BCUT2D eigenvalue weighted by atomic mass is 32.1. The van der Waals surface area contributed by atoms with Crippen LogP contribution in [-0.4, -0.2) is 34.7 Å². The fourth-order valence-corrected chi connectivity index (χ4v) is 5.19. The minimum atomic E-state index is -0.778. The predicted octanol–water partition coefficient (Wildman–Crippen LogP) is 2.28. The summed E-state index contributed by atoms with van der Waals surface area (Å²) in [5, 5.41) is 5.16. The first-order valence-corrected chi connectivity index (χ1v) is 8.51. The number of hydrogen-bond acceptors (Lipinski definition) is 5. The maximum absolute atomic E-state index is 12.8. The van der Waals surface area contributed by atoms with Gasteiger partial charge in [-0.15, -0.1) is 11.3 Å². The molecule has 0 aromatic carbocycles. The van der Waals surface area contributed by atoms with E-state index in [2.05, 4.69) is 10.3 Å². The lowest BCUT2D eigenvalue weighted by atomic mass is 9.51. The second kappa shape index (κ2) is 4.87. The monoisotopic (exact) mass is 335 g/mol. The fourth-order valence-electron chi connectivity index (χ4n) is 4.67. The van der Waals surface area contributed by atoms with Gasteiger partial charge in [-0.05, 0) is 19.3 Å². The van der Waals surface area contributed by atoms with Gasteiger partial charge in [0.05, 0.1) is 0 Å². The van der Waals surface area contributed by atoms with Crippen LogP contribution in [0.15, 0.2) is 11.6 Å². The van der Waals surface area contributed by atoms with E-state index in [-0.39, 0.29) is 17.7 Å². The van der Waals surface area contributed by atoms with Gasteiger partial charge in [0.2, 0.25) is 17.7 Å². The van der Waals surface area contributed by atoms with Crippen molar-refractivity contribution >= 4 is 34.2 Å². The third-order valence-corrected chi connectivity index (χ3v) is 5.87. The standard InChI is InChI=1S/C16H21N3O3S/c1-14(10(20)18-13-17-5-6-23-13)7-15(2)9-16(3,8-14)12(22)19(4)11(15)21/h5-6H,7-9H2,1-4H3,(H,17,18,20). The molecule has 1 saturated carbocycles. The molecule has 2 heterocycles. The molecule has 3 rings (SSSR count). The van der Waals surface area contributed by atoms with Crippen LogP contribution in [0.2, 0.25) is 0 Å². The smallest absolute Gasteiger partial charge is 0.234 e. The van der Waals surface area contributed by atoms with E-state index in [0.717, 1.165) is 0 Å². The molecule has 3 amide bonds. The summed E-state index contributed by atoms with van der Waals surface area (Å²) in [6.07, 6.45) is 3.00. The molecular weight excluding hydrogens is 314 g/mol. The molecule has 1 saturated heterocycles. The topological polar surface area (TPSA) is 79.4 Å². The Morgan fingerprint density at radius 2 is 1.74 bits per heavy atom. The van der Waals surface area contributed by atoms with Gasteiger partial charge in [-0.25, -0.2) is 4.98 Å². The average molecular weight is 335 g/mol. The minimum Gasteiger partial charge on any atom is -0.302 e. The number of carbonyl (C=O) groups excluding carboxylic acids is 3. The second-order valence-electron chi connectivity index (χ2n) is 7.67. The Labute approximate surface area is 139 Å². The Morgan fingerprint density at radius 1 is 1.17 bits per heavy atom. The van der Waals surface area contributed by atoms with E-state index in [9.17, 15) is 14.4 Å². The molecule has 0 spiro atoms. The van der Waals surface area contributed by atoms with Gasteiger partial charge in [0, 0.05) is 34.9 Å². The van der Waals surface area contributed by atoms with E-state index in [1.54, 1.807) is 18.6 Å². The number of nitrogens with one attached hydrogen (secondary N) is 1. The predicted molar refractivity (Wildman–Crippen MR) is 86.7 cm³/mol.